The van der Waals surface area contributed by atoms with Crippen LogP contribution in [-0.2, 0) is 4.79 Å². The van der Waals surface area contributed by atoms with Crippen molar-refractivity contribution >= 4 is 23.3 Å². The van der Waals surface area contributed by atoms with Crippen molar-refractivity contribution in [1.29, 1.82) is 0 Å². The van der Waals surface area contributed by atoms with Crippen molar-refractivity contribution in [3.8, 4) is 0 Å². The number of hydrogen-bond donors (Lipinski definition) is 1. The molecule has 1 N–H and O–H groups in total. The van der Waals surface area contributed by atoms with Crippen molar-refractivity contribution in [2.45, 2.75) is 18.9 Å². The Bertz CT molecular complexity index is 748. The first-order valence-corrected chi connectivity index (χ1v) is 8.87. The zero-order valence-corrected chi connectivity index (χ0v) is 14.7. The van der Waals surface area contributed by atoms with Crippen LogP contribution in [0.2, 0.25) is 5.02 Å². The van der Waals surface area contributed by atoms with E-state index in [4.69, 9.17) is 11.6 Å². The third kappa shape index (κ3) is 4.47. The van der Waals surface area contributed by atoms with E-state index in [1.165, 1.54) is 0 Å². The molecule has 0 aromatic heterocycles. The Morgan fingerprint density at radius 1 is 1.08 bits per heavy atom. The van der Waals surface area contributed by atoms with Crippen molar-refractivity contribution in [1.82, 2.24) is 10.2 Å². The van der Waals surface area contributed by atoms with Gasteiger partial charge in [0.1, 0.15) is 0 Å². The maximum Gasteiger partial charge on any atom is 0.223 e. The fraction of sp³-hybridized carbons (Fsp3) is 0.300. The number of carbonyl (C=O) groups excluding carboxylic acids is 2. The van der Waals surface area contributed by atoms with Crippen LogP contribution in [0.15, 0.2) is 54.6 Å². The minimum Gasteiger partial charge on any atom is -0.333 e. The summed E-state index contributed by atoms with van der Waals surface area (Å²) in [5.74, 6) is 0.0131. The smallest absolute Gasteiger partial charge is 0.223 e. The molecular formula is C20H21ClN2O2. The molecule has 3 rings (SSSR count). The second-order valence-corrected chi connectivity index (χ2v) is 6.59. The van der Waals surface area contributed by atoms with Crippen molar-refractivity contribution in [2.75, 3.05) is 19.6 Å². The molecule has 2 aromatic carbocycles. The molecule has 2 aromatic rings. The number of rotatable bonds is 5. The summed E-state index contributed by atoms with van der Waals surface area (Å²) in [6, 6.07) is 16.7. The summed E-state index contributed by atoms with van der Waals surface area (Å²) in [6.45, 7) is 2.09. The normalized spacial score (nSPS) is 17.3. The van der Waals surface area contributed by atoms with Crippen molar-refractivity contribution in [3.05, 3.63) is 70.7 Å². The van der Waals surface area contributed by atoms with Gasteiger partial charge in [-0.3, -0.25) is 9.59 Å². The Hall–Kier alpha value is -2.17. The van der Waals surface area contributed by atoms with Crippen LogP contribution < -0.4 is 5.32 Å². The number of amides is 1. The first kappa shape index (κ1) is 17.6. The van der Waals surface area contributed by atoms with Gasteiger partial charge in [-0.1, -0.05) is 54.1 Å². The fourth-order valence-electron chi connectivity index (χ4n) is 3.15. The van der Waals surface area contributed by atoms with E-state index in [1.807, 2.05) is 47.4 Å². The predicted molar refractivity (Wildman–Crippen MR) is 98.8 cm³/mol. The van der Waals surface area contributed by atoms with Crippen molar-refractivity contribution in [2.24, 2.45) is 0 Å². The first-order valence-electron chi connectivity index (χ1n) is 8.49. The monoisotopic (exact) mass is 356 g/mol. The Morgan fingerprint density at radius 2 is 1.88 bits per heavy atom. The molecule has 1 heterocycles. The van der Waals surface area contributed by atoms with E-state index in [2.05, 4.69) is 5.32 Å². The van der Waals surface area contributed by atoms with E-state index >= 15 is 0 Å². The van der Waals surface area contributed by atoms with Gasteiger partial charge in [0, 0.05) is 43.1 Å². The van der Waals surface area contributed by atoms with E-state index < -0.39 is 0 Å². The summed E-state index contributed by atoms with van der Waals surface area (Å²) in [5.41, 5.74) is 1.67. The highest BCUT2D eigenvalue weighted by Crippen LogP contribution is 2.25. The lowest BCUT2D eigenvalue weighted by Crippen LogP contribution is -2.48. The van der Waals surface area contributed by atoms with Gasteiger partial charge in [-0.25, -0.2) is 0 Å². The SMILES string of the molecule is O=C(CCC(=O)N1CCNCC1c1cccc(Cl)c1)c1ccccc1. The topological polar surface area (TPSA) is 49.4 Å². The molecule has 1 saturated heterocycles. The molecule has 0 radical (unpaired) electrons. The molecule has 0 saturated carbocycles. The number of Topliss-reactive ketones (excluding diaryl/α,β-unsaturated/α-hetero) is 1. The van der Waals surface area contributed by atoms with Crippen LogP contribution in [0.1, 0.15) is 34.8 Å². The lowest BCUT2D eigenvalue weighted by molar-refractivity contribution is -0.134. The number of ketones is 1. The highest BCUT2D eigenvalue weighted by molar-refractivity contribution is 6.30. The second kappa shape index (κ2) is 8.28. The van der Waals surface area contributed by atoms with Gasteiger partial charge in [0.2, 0.25) is 5.91 Å². The van der Waals surface area contributed by atoms with Crippen LogP contribution in [0.3, 0.4) is 0 Å². The van der Waals surface area contributed by atoms with Gasteiger partial charge in [-0.05, 0) is 17.7 Å². The molecule has 5 heteroatoms. The lowest BCUT2D eigenvalue weighted by Gasteiger charge is -2.36. The zero-order valence-electron chi connectivity index (χ0n) is 14.0. The van der Waals surface area contributed by atoms with Gasteiger partial charge in [-0.15, -0.1) is 0 Å². The van der Waals surface area contributed by atoms with E-state index in [-0.39, 0.29) is 30.6 Å². The number of benzene rings is 2. The maximum absolute atomic E-state index is 12.7. The molecule has 1 aliphatic heterocycles. The van der Waals surface area contributed by atoms with E-state index in [1.54, 1.807) is 12.1 Å². The van der Waals surface area contributed by atoms with Gasteiger partial charge < -0.3 is 10.2 Å². The molecule has 130 valence electrons. The standard InChI is InChI=1S/C20H21ClN2O2/c21-17-8-4-7-16(13-17)18-14-22-11-12-23(18)20(25)10-9-19(24)15-5-2-1-3-6-15/h1-8,13,18,22H,9-12,14H2. The molecule has 1 unspecified atom stereocenters. The molecule has 1 aliphatic rings. The fourth-order valence-corrected chi connectivity index (χ4v) is 3.35. The average molecular weight is 357 g/mol. The van der Waals surface area contributed by atoms with Gasteiger partial charge in [0.05, 0.1) is 6.04 Å². The van der Waals surface area contributed by atoms with Crippen LogP contribution in [0.4, 0.5) is 0 Å². The zero-order chi connectivity index (χ0) is 17.6. The maximum atomic E-state index is 12.7. The Kier molecular flexibility index (Phi) is 5.84. The Labute approximate surface area is 152 Å². The predicted octanol–water partition coefficient (Wildman–Crippen LogP) is 3.48. The lowest BCUT2D eigenvalue weighted by atomic mass is 10.0. The highest BCUT2D eigenvalue weighted by Gasteiger charge is 2.28. The summed E-state index contributed by atoms with van der Waals surface area (Å²) in [4.78, 5) is 26.8. The second-order valence-electron chi connectivity index (χ2n) is 6.15. The molecule has 1 fully saturated rings. The largest absolute Gasteiger partial charge is 0.333 e. The van der Waals surface area contributed by atoms with E-state index in [0.717, 1.165) is 12.1 Å². The number of carbonyl (C=O) groups is 2. The number of hydrogen-bond acceptors (Lipinski definition) is 3. The Morgan fingerprint density at radius 3 is 2.64 bits per heavy atom. The minimum atomic E-state index is -0.0493. The Balaban J connectivity index is 1.66. The van der Waals surface area contributed by atoms with Crippen molar-refractivity contribution in [3.63, 3.8) is 0 Å². The molecule has 25 heavy (non-hydrogen) atoms. The number of piperazine rings is 1. The quantitative estimate of drug-likeness (QED) is 0.834. The summed E-state index contributed by atoms with van der Waals surface area (Å²) in [5, 5.41) is 3.99. The van der Waals surface area contributed by atoms with Crippen LogP contribution in [0, 0.1) is 0 Å². The number of nitrogens with one attached hydrogen (secondary N) is 1. The van der Waals surface area contributed by atoms with E-state index in [0.29, 0.717) is 23.7 Å². The average Bonchev–Trinajstić information content (AvgIpc) is 2.66. The van der Waals surface area contributed by atoms with Gasteiger partial charge >= 0.3 is 0 Å². The highest BCUT2D eigenvalue weighted by atomic mass is 35.5. The molecular weight excluding hydrogens is 336 g/mol. The van der Waals surface area contributed by atoms with Gasteiger partial charge in [-0.2, -0.15) is 0 Å². The molecule has 1 atom stereocenters. The van der Waals surface area contributed by atoms with Gasteiger partial charge in [0.25, 0.3) is 0 Å². The molecule has 0 aliphatic carbocycles. The number of halogens is 1. The van der Waals surface area contributed by atoms with Crippen LogP contribution in [0.25, 0.3) is 0 Å². The first-order chi connectivity index (χ1) is 12.1. The van der Waals surface area contributed by atoms with Crippen molar-refractivity contribution < 1.29 is 9.59 Å². The molecule has 1 amide bonds. The van der Waals surface area contributed by atoms with Crippen LogP contribution in [0.5, 0.6) is 0 Å². The molecule has 0 bridgehead atoms. The van der Waals surface area contributed by atoms with Crippen LogP contribution >= 0.6 is 11.6 Å². The molecule has 0 spiro atoms. The van der Waals surface area contributed by atoms with Gasteiger partial charge in [0.15, 0.2) is 5.78 Å². The third-order valence-corrected chi connectivity index (χ3v) is 4.69. The third-order valence-electron chi connectivity index (χ3n) is 4.46. The summed E-state index contributed by atoms with van der Waals surface area (Å²) in [7, 11) is 0. The summed E-state index contributed by atoms with van der Waals surface area (Å²) < 4.78 is 0. The minimum absolute atomic E-state index is 0.00314. The van der Waals surface area contributed by atoms with Crippen LogP contribution in [-0.4, -0.2) is 36.2 Å². The number of nitrogens with zero attached hydrogens (tertiary/aromatic N) is 1. The summed E-state index contributed by atoms with van der Waals surface area (Å²) >= 11 is 6.09. The summed E-state index contributed by atoms with van der Waals surface area (Å²) in [6.07, 6.45) is 0.458. The van der Waals surface area contributed by atoms with E-state index in [9.17, 15) is 9.59 Å². The molecule has 4 nitrogen and oxygen atoms in total.